The number of rotatable bonds is 3. The van der Waals surface area contributed by atoms with Crippen LogP contribution in [0.15, 0.2) is 61.0 Å². The first-order chi connectivity index (χ1) is 12.3. The van der Waals surface area contributed by atoms with Crippen molar-refractivity contribution < 1.29 is 0 Å². The summed E-state index contributed by atoms with van der Waals surface area (Å²) in [4.78, 5) is 14.1. The number of nitrogens with zero attached hydrogens (tertiary/aromatic N) is 4. The predicted octanol–water partition coefficient (Wildman–Crippen LogP) is 4.30. The van der Waals surface area contributed by atoms with E-state index in [1.54, 1.807) is 12.4 Å². The first kappa shape index (κ1) is 15.4. The smallest absolute Gasteiger partial charge is 0.167 e. The molecular weight excluding hydrogens is 310 g/mol. The van der Waals surface area contributed by atoms with Crippen molar-refractivity contribution in [2.75, 3.05) is 0 Å². The topological polar surface area (TPSA) is 67.3 Å². The molecule has 0 fully saturated rings. The first-order valence-corrected chi connectivity index (χ1v) is 8.46. The second-order valence-corrected chi connectivity index (χ2v) is 6.32. The highest BCUT2D eigenvalue weighted by Gasteiger charge is 2.16. The maximum atomic E-state index is 4.76. The van der Waals surface area contributed by atoms with E-state index in [-0.39, 0.29) is 0 Å². The van der Waals surface area contributed by atoms with E-state index >= 15 is 0 Å². The second-order valence-electron chi connectivity index (χ2n) is 6.32. The van der Waals surface area contributed by atoms with Gasteiger partial charge in [-0.05, 0) is 24.3 Å². The van der Waals surface area contributed by atoms with Gasteiger partial charge in [0, 0.05) is 11.8 Å². The van der Waals surface area contributed by atoms with Crippen molar-refractivity contribution in [3.05, 3.63) is 66.8 Å². The van der Waals surface area contributed by atoms with Crippen LogP contribution >= 0.6 is 0 Å². The van der Waals surface area contributed by atoms with Crippen molar-refractivity contribution >= 4 is 5.57 Å². The Kier molecular flexibility index (Phi) is 4.21. The van der Waals surface area contributed by atoms with E-state index in [1.807, 2.05) is 30.3 Å². The molecule has 0 saturated heterocycles. The third-order valence-electron chi connectivity index (χ3n) is 4.25. The lowest BCUT2D eigenvalue weighted by Gasteiger charge is -2.12. The summed E-state index contributed by atoms with van der Waals surface area (Å²) >= 11 is 0. The van der Waals surface area contributed by atoms with Gasteiger partial charge in [0.05, 0.1) is 11.8 Å². The van der Waals surface area contributed by atoms with Crippen molar-refractivity contribution in [2.45, 2.75) is 19.8 Å². The van der Waals surface area contributed by atoms with Gasteiger partial charge in [0.15, 0.2) is 17.5 Å². The molecular formula is C20H19N5. The highest BCUT2D eigenvalue weighted by molar-refractivity contribution is 5.67. The first-order valence-electron chi connectivity index (χ1n) is 8.46. The molecule has 0 saturated carbocycles. The van der Waals surface area contributed by atoms with Crippen LogP contribution in [0.3, 0.4) is 0 Å². The van der Waals surface area contributed by atoms with Crippen LogP contribution in [0.5, 0.6) is 0 Å². The molecule has 0 amide bonds. The lowest BCUT2D eigenvalue weighted by Crippen LogP contribution is -2.04. The molecule has 5 nitrogen and oxygen atoms in total. The molecule has 25 heavy (non-hydrogen) atoms. The molecule has 0 bridgehead atoms. The summed E-state index contributed by atoms with van der Waals surface area (Å²) < 4.78 is 0. The maximum Gasteiger partial charge on any atom is 0.167 e. The SMILES string of the molecule is CC1CC=CC=C(c2nc(-c3ccccc3)nc(-c3cn[nH]c3)n2)C1. The molecule has 1 aliphatic rings. The van der Waals surface area contributed by atoms with Crippen molar-refractivity contribution in [3.8, 4) is 22.8 Å². The minimum absolute atomic E-state index is 0.569. The van der Waals surface area contributed by atoms with Gasteiger partial charge in [-0.1, -0.05) is 55.5 Å². The average molecular weight is 329 g/mol. The molecule has 0 radical (unpaired) electrons. The molecule has 3 aromatic rings. The minimum atomic E-state index is 0.569. The van der Waals surface area contributed by atoms with Gasteiger partial charge in [0.2, 0.25) is 0 Å². The Morgan fingerprint density at radius 1 is 0.960 bits per heavy atom. The zero-order chi connectivity index (χ0) is 17.1. The molecule has 5 heteroatoms. The molecule has 1 unspecified atom stereocenters. The van der Waals surface area contributed by atoms with Gasteiger partial charge in [0.1, 0.15) is 0 Å². The quantitative estimate of drug-likeness (QED) is 0.778. The summed E-state index contributed by atoms with van der Waals surface area (Å²) in [6.45, 7) is 2.25. The van der Waals surface area contributed by atoms with Gasteiger partial charge >= 0.3 is 0 Å². The number of hydrogen-bond donors (Lipinski definition) is 1. The second kappa shape index (κ2) is 6.81. The molecule has 2 aromatic heterocycles. The fourth-order valence-electron chi connectivity index (χ4n) is 2.93. The highest BCUT2D eigenvalue weighted by Crippen LogP contribution is 2.28. The maximum absolute atomic E-state index is 4.76. The number of aromatic amines is 1. The van der Waals surface area contributed by atoms with Gasteiger partial charge in [-0.3, -0.25) is 5.10 Å². The molecule has 4 rings (SSSR count). The zero-order valence-corrected chi connectivity index (χ0v) is 14.1. The van der Waals surface area contributed by atoms with Crippen molar-refractivity contribution in [1.82, 2.24) is 25.1 Å². The Balaban J connectivity index is 1.85. The van der Waals surface area contributed by atoms with Gasteiger partial charge in [-0.25, -0.2) is 15.0 Å². The molecule has 0 spiro atoms. The molecule has 1 aliphatic carbocycles. The van der Waals surface area contributed by atoms with Crippen LogP contribution in [-0.4, -0.2) is 25.1 Å². The van der Waals surface area contributed by atoms with E-state index in [2.05, 4.69) is 40.3 Å². The lowest BCUT2D eigenvalue weighted by atomic mass is 9.99. The number of hydrogen-bond acceptors (Lipinski definition) is 4. The van der Waals surface area contributed by atoms with Crippen LogP contribution in [0, 0.1) is 5.92 Å². The number of allylic oxidation sites excluding steroid dienone is 4. The van der Waals surface area contributed by atoms with Crippen LogP contribution in [0.25, 0.3) is 28.3 Å². The van der Waals surface area contributed by atoms with Gasteiger partial charge < -0.3 is 0 Å². The lowest BCUT2D eigenvalue weighted by molar-refractivity contribution is 0.612. The van der Waals surface area contributed by atoms with Crippen molar-refractivity contribution in [3.63, 3.8) is 0 Å². The third kappa shape index (κ3) is 3.40. The molecule has 124 valence electrons. The monoisotopic (exact) mass is 329 g/mol. The van der Waals surface area contributed by atoms with E-state index in [4.69, 9.17) is 9.97 Å². The minimum Gasteiger partial charge on any atom is -0.285 e. The number of nitrogens with one attached hydrogen (secondary N) is 1. The molecule has 1 N–H and O–H groups in total. The summed E-state index contributed by atoms with van der Waals surface area (Å²) in [6.07, 6.45) is 12.0. The summed E-state index contributed by atoms with van der Waals surface area (Å²) in [5.41, 5.74) is 2.98. The third-order valence-corrected chi connectivity index (χ3v) is 4.25. The van der Waals surface area contributed by atoms with Crippen molar-refractivity contribution in [1.29, 1.82) is 0 Å². The Hall–Kier alpha value is -3.08. The molecule has 1 aromatic carbocycles. The van der Waals surface area contributed by atoms with E-state index in [0.717, 1.165) is 35.4 Å². The summed E-state index contributed by atoms with van der Waals surface area (Å²) in [5, 5.41) is 6.85. The van der Waals surface area contributed by atoms with Crippen LogP contribution in [0.4, 0.5) is 0 Å². The van der Waals surface area contributed by atoms with Gasteiger partial charge in [0.25, 0.3) is 0 Å². The Labute approximate surface area is 146 Å². The normalized spacial score (nSPS) is 17.2. The Morgan fingerprint density at radius 2 is 1.72 bits per heavy atom. The van der Waals surface area contributed by atoms with Crippen LogP contribution < -0.4 is 0 Å². The molecule has 1 atom stereocenters. The highest BCUT2D eigenvalue weighted by atomic mass is 15.1. The molecule has 2 heterocycles. The Bertz CT molecular complexity index is 911. The summed E-state index contributed by atoms with van der Waals surface area (Å²) in [7, 11) is 0. The van der Waals surface area contributed by atoms with E-state index in [1.165, 1.54) is 0 Å². The van der Waals surface area contributed by atoms with Crippen LogP contribution in [0.1, 0.15) is 25.6 Å². The number of H-pyrrole nitrogens is 1. The van der Waals surface area contributed by atoms with Crippen LogP contribution in [-0.2, 0) is 0 Å². The number of benzene rings is 1. The summed E-state index contributed by atoms with van der Waals surface area (Å²) in [5.74, 6) is 2.63. The largest absolute Gasteiger partial charge is 0.285 e. The van der Waals surface area contributed by atoms with Gasteiger partial charge in [-0.2, -0.15) is 5.10 Å². The predicted molar refractivity (Wildman–Crippen MR) is 98.4 cm³/mol. The molecule has 0 aliphatic heterocycles. The summed E-state index contributed by atoms with van der Waals surface area (Å²) in [6, 6.07) is 10.0. The fraction of sp³-hybridized carbons (Fsp3) is 0.200. The number of aromatic nitrogens is 5. The van der Waals surface area contributed by atoms with E-state index in [9.17, 15) is 0 Å². The van der Waals surface area contributed by atoms with Crippen LogP contribution in [0.2, 0.25) is 0 Å². The Morgan fingerprint density at radius 3 is 2.48 bits per heavy atom. The average Bonchev–Trinajstić information content (AvgIpc) is 3.11. The van der Waals surface area contributed by atoms with E-state index in [0.29, 0.717) is 17.6 Å². The standard InChI is InChI=1S/C20H19N5/c1-14-7-5-6-10-16(11-14)19-23-18(15-8-3-2-4-9-15)24-20(25-19)17-12-21-22-13-17/h2-6,8-10,12-14H,7,11H2,1H3,(H,21,22). The zero-order valence-electron chi connectivity index (χ0n) is 14.1. The van der Waals surface area contributed by atoms with Crippen molar-refractivity contribution in [2.24, 2.45) is 5.92 Å². The van der Waals surface area contributed by atoms with Gasteiger partial charge in [-0.15, -0.1) is 0 Å². The fourth-order valence-corrected chi connectivity index (χ4v) is 2.93. The van der Waals surface area contributed by atoms with E-state index < -0.39 is 0 Å².